The van der Waals surface area contributed by atoms with E-state index in [2.05, 4.69) is 26.0 Å². The molecule has 0 spiro atoms. The lowest BCUT2D eigenvalue weighted by Gasteiger charge is -1.94. The van der Waals surface area contributed by atoms with Crippen molar-refractivity contribution < 1.29 is 4.39 Å². The molecule has 2 aromatic heterocycles. The van der Waals surface area contributed by atoms with E-state index in [-0.39, 0.29) is 11.4 Å². The van der Waals surface area contributed by atoms with Crippen molar-refractivity contribution in [2.24, 2.45) is 0 Å². The van der Waals surface area contributed by atoms with Gasteiger partial charge < -0.3 is 0 Å². The van der Waals surface area contributed by atoms with Gasteiger partial charge in [-0.2, -0.15) is 9.50 Å². The van der Waals surface area contributed by atoms with Crippen molar-refractivity contribution in [2.75, 3.05) is 0 Å². The second-order valence-corrected chi connectivity index (χ2v) is 6.94. The van der Waals surface area contributed by atoms with Gasteiger partial charge in [0.2, 0.25) is 4.96 Å². The molecule has 0 atom stereocenters. The third kappa shape index (κ3) is 2.65. The molecule has 0 aliphatic heterocycles. The quantitative estimate of drug-likeness (QED) is 0.517. The van der Waals surface area contributed by atoms with E-state index in [1.54, 1.807) is 12.1 Å². The molecular formula is C17H9BrFN3OS. The lowest BCUT2D eigenvalue weighted by molar-refractivity contribution is 0.628. The Morgan fingerprint density at radius 2 is 1.88 bits per heavy atom. The number of hydrogen-bond donors (Lipinski definition) is 0. The second-order valence-electron chi connectivity index (χ2n) is 5.07. The zero-order valence-corrected chi connectivity index (χ0v) is 14.5. The smallest absolute Gasteiger partial charge is 0.266 e. The molecule has 0 aliphatic carbocycles. The molecule has 0 saturated heterocycles. The number of aromatic nitrogens is 3. The van der Waals surface area contributed by atoms with Gasteiger partial charge in [-0.1, -0.05) is 45.5 Å². The number of thiazole rings is 1. The van der Waals surface area contributed by atoms with Crippen LogP contribution in [0.1, 0.15) is 5.56 Å². The van der Waals surface area contributed by atoms with E-state index in [4.69, 9.17) is 0 Å². The Balaban J connectivity index is 1.83. The average Bonchev–Trinajstić information content (AvgIpc) is 3.11. The van der Waals surface area contributed by atoms with Gasteiger partial charge in [-0.25, -0.2) is 4.39 Å². The summed E-state index contributed by atoms with van der Waals surface area (Å²) in [6, 6.07) is 13.5. The maximum absolute atomic E-state index is 13.0. The molecule has 0 bridgehead atoms. The van der Waals surface area contributed by atoms with Gasteiger partial charge in [-0.05, 0) is 42.0 Å². The van der Waals surface area contributed by atoms with Crippen LogP contribution in [0.25, 0.3) is 22.4 Å². The molecular weight excluding hydrogens is 393 g/mol. The first-order valence-electron chi connectivity index (χ1n) is 7.03. The van der Waals surface area contributed by atoms with E-state index in [1.807, 2.05) is 30.3 Å². The Bertz CT molecular complexity index is 1150. The van der Waals surface area contributed by atoms with Gasteiger partial charge in [-0.15, -0.1) is 5.10 Å². The molecule has 7 heteroatoms. The molecule has 4 nitrogen and oxygen atoms in total. The van der Waals surface area contributed by atoms with Crippen LogP contribution in [0.3, 0.4) is 0 Å². The van der Waals surface area contributed by atoms with Crippen molar-refractivity contribution in [1.29, 1.82) is 0 Å². The molecule has 0 radical (unpaired) electrons. The van der Waals surface area contributed by atoms with Crippen LogP contribution < -0.4 is 10.1 Å². The summed E-state index contributed by atoms with van der Waals surface area (Å²) in [4.78, 5) is 17.4. The van der Waals surface area contributed by atoms with Crippen molar-refractivity contribution in [2.45, 2.75) is 0 Å². The minimum Gasteiger partial charge on any atom is -0.266 e. The Morgan fingerprint density at radius 1 is 1.12 bits per heavy atom. The molecule has 0 amide bonds. The second kappa shape index (κ2) is 5.92. The largest absolute Gasteiger partial charge is 0.291 e. The molecule has 0 fully saturated rings. The molecule has 2 aromatic carbocycles. The summed E-state index contributed by atoms with van der Waals surface area (Å²) in [5.74, 6) is 0.0837. The fraction of sp³-hybridized carbons (Fsp3) is 0. The molecule has 24 heavy (non-hydrogen) atoms. The predicted octanol–water partition coefficient (Wildman–Crippen LogP) is 3.27. The van der Waals surface area contributed by atoms with Crippen LogP contribution >= 0.6 is 27.3 Å². The normalized spacial score (nSPS) is 12.2. The first kappa shape index (κ1) is 15.2. The summed E-state index contributed by atoms with van der Waals surface area (Å²) in [5.41, 5.74) is 1.37. The van der Waals surface area contributed by atoms with E-state index in [0.717, 1.165) is 10.0 Å². The lowest BCUT2D eigenvalue weighted by Crippen LogP contribution is -2.23. The van der Waals surface area contributed by atoms with E-state index < -0.39 is 0 Å². The third-order valence-electron chi connectivity index (χ3n) is 3.48. The van der Waals surface area contributed by atoms with Crippen LogP contribution in [0.15, 0.2) is 57.8 Å². The summed E-state index contributed by atoms with van der Waals surface area (Å²) < 4.78 is 15.8. The highest BCUT2D eigenvalue weighted by atomic mass is 79.9. The van der Waals surface area contributed by atoms with Crippen LogP contribution in [0.2, 0.25) is 0 Å². The third-order valence-corrected chi connectivity index (χ3v) is 5.16. The van der Waals surface area contributed by atoms with E-state index in [9.17, 15) is 9.18 Å². The SMILES string of the molecule is O=c1/c(=C\c2ccccc2Br)sc2nc(-c3ccc(F)cc3)nn12. The number of rotatable bonds is 2. The molecule has 4 rings (SSSR count). The number of fused-ring (bicyclic) bond motifs is 1. The molecule has 0 unspecified atom stereocenters. The van der Waals surface area contributed by atoms with Crippen molar-refractivity contribution >= 4 is 38.3 Å². The maximum Gasteiger partial charge on any atom is 0.291 e. The number of benzene rings is 2. The van der Waals surface area contributed by atoms with Crippen LogP contribution in [-0.4, -0.2) is 14.6 Å². The Kier molecular flexibility index (Phi) is 3.74. The standard InChI is InChI=1S/C17H9BrFN3OS/c18-13-4-2-1-3-11(13)9-14-16(23)22-17(24-14)20-15(21-22)10-5-7-12(19)8-6-10/h1-9H/b14-9+. The van der Waals surface area contributed by atoms with E-state index in [1.165, 1.54) is 28.0 Å². The monoisotopic (exact) mass is 401 g/mol. The Hall–Kier alpha value is -2.38. The first-order chi connectivity index (χ1) is 11.6. The molecule has 0 saturated carbocycles. The first-order valence-corrected chi connectivity index (χ1v) is 8.64. The molecule has 2 heterocycles. The summed E-state index contributed by atoms with van der Waals surface area (Å²) in [5, 5.41) is 4.25. The number of hydrogen-bond acceptors (Lipinski definition) is 4. The molecule has 118 valence electrons. The van der Waals surface area contributed by atoms with Gasteiger partial charge in [0, 0.05) is 10.0 Å². The molecule has 4 aromatic rings. The topological polar surface area (TPSA) is 47.3 Å². The summed E-state index contributed by atoms with van der Waals surface area (Å²) in [6.45, 7) is 0. The minimum atomic E-state index is -0.324. The zero-order chi connectivity index (χ0) is 16.7. The summed E-state index contributed by atoms with van der Waals surface area (Å²) >= 11 is 4.74. The van der Waals surface area contributed by atoms with Gasteiger partial charge >= 0.3 is 0 Å². The van der Waals surface area contributed by atoms with Gasteiger partial charge in [-0.3, -0.25) is 4.79 Å². The van der Waals surface area contributed by atoms with Gasteiger partial charge in [0.15, 0.2) is 5.82 Å². The van der Waals surface area contributed by atoms with Crippen LogP contribution in [0.5, 0.6) is 0 Å². The highest BCUT2D eigenvalue weighted by Crippen LogP contribution is 2.18. The van der Waals surface area contributed by atoms with Crippen molar-refractivity contribution in [1.82, 2.24) is 14.6 Å². The van der Waals surface area contributed by atoms with Crippen LogP contribution in [0.4, 0.5) is 4.39 Å². The van der Waals surface area contributed by atoms with Crippen molar-refractivity contribution in [3.05, 3.63) is 79.3 Å². The Labute approximate surface area is 148 Å². The molecule has 0 aliphatic rings. The molecule has 0 N–H and O–H groups in total. The average molecular weight is 402 g/mol. The van der Waals surface area contributed by atoms with E-state index in [0.29, 0.717) is 20.9 Å². The number of halogens is 2. The summed E-state index contributed by atoms with van der Waals surface area (Å²) in [7, 11) is 0. The zero-order valence-electron chi connectivity index (χ0n) is 12.1. The fourth-order valence-corrected chi connectivity index (χ4v) is 3.59. The maximum atomic E-state index is 13.0. The van der Waals surface area contributed by atoms with Crippen LogP contribution in [-0.2, 0) is 0 Å². The number of nitrogens with zero attached hydrogens (tertiary/aromatic N) is 3. The predicted molar refractivity (Wildman–Crippen MR) is 95.5 cm³/mol. The Morgan fingerprint density at radius 3 is 2.58 bits per heavy atom. The highest BCUT2D eigenvalue weighted by molar-refractivity contribution is 9.10. The van der Waals surface area contributed by atoms with Gasteiger partial charge in [0.1, 0.15) is 5.82 Å². The van der Waals surface area contributed by atoms with Crippen LogP contribution in [0, 0.1) is 5.82 Å². The van der Waals surface area contributed by atoms with E-state index >= 15 is 0 Å². The lowest BCUT2D eigenvalue weighted by atomic mass is 10.2. The van der Waals surface area contributed by atoms with Gasteiger partial charge in [0.05, 0.1) is 4.53 Å². The van der Waals surface area contributed by atoms with Crippen molar-refractivity contribution in [3.63, 3.8) is 0 Å². The highest BCUT2D eigenvalue weighted by Gasteiger charge is 2.12. The minimum absolute atomic E-state index is 0.216. The van der Waals surface area contributed by atoms with Gasteiger partial charge in [0.25, 0.3) is 5.56 Å². The van der Waals surface area contributed by atoms with Crippen molar-refractivity contribution in [3.8, 4) is 11.4 Å². The fourth-order valence-electron chi connectivity index (χ4n) is 2.29. The summed E-state index contributed by atoms with van der Waals surface area (Å²) in [6.07, 6.45) is 1.81.